The van der Waals surface area contributed by atoms with Gasteiger partial charge >= 0.3 is 0 Å². The molecule has 90 valence electrons. The quantitative estimate of drug-likeness (QED) is 0.669. The van der Waals surface area contributed by atoms with Gasteiger partial charge in [0.2, 0.25) is 0 Å². The third-order valence-corrected chi connectivity index (χ3v) is 4.37. The van der Waals surface area contributed by atoms with E-state index in [1.165, 1.54) is 13.0 Å². The highest BCUT2D eigenvalue weighted by molar-refractivity contribution is 6.21. The van der Waals surface area contributed by atoms with E-state index in [4.69, 9.17) is 11.6 Å². The van der Waals surface area contributed by atoms with Crippen LogP contribution in [0.1, 0.15) is 47.5 Å². The minimum Gasteiger partial charge on any atom is -0.300 e. The topological polar surface area (TPSA) is 3.24 Å². The molecular weight excluding hydrogens is 206 g/mol. The second kappa shape index (κ2) is 5.05. The number of nitrogens with zero attached hydrogens (tertiary/aromatic N) is 1. The van der Waals surface area contributed by atoms with E-state index in [-0.39, 0.29) is 5.41 Å². The number of hydrogen-bond donors (Lipinski definition) is 0. The summed E-state index contributed by atoms with van der Waals surface area (Å²) in [7, 11) is 0. The SMILES string of the molecule is CC(C)CC(C)N1CCC(Cl)C(C)(C)C1. The fourth-order valence-electron chi connectivity index (χ4n) is 2.58. The third kappa shape index (κ3) is 3.64. The second-order valence-electron chi connectivity index (χ2n) is 6.19. The number of halogens is 1. The van der Waals surface area contributed by atoms with Crippen molar-refractivity contribution in [2.24, 2.45) is 11.3 Å². The molecule has 0 radical (unpaired) electrons. The summed E-state index contributed by atoms with van der Waals surface area (Å²) in [5.41, 5.74) is 0.269. The fraction of sp³-hybridized carbons (Fsp3) is 1.00. The molecule has 0 spiro atoms. The molecule has 2 unspecified atom stereocenters. The Bertz CT molecular complexity index is 201. The summed E-state index contributed by atoms with van der Waals surface area (Å²) in [5, 5.41) is 0.347. The summed E-state index contributed by atoms with van der Waals surface area (Å²) in [4.78, 5) is 2.61. The highest BCUT2D eigenvalue weighted by atomic mass is 35.5. The molecule has 1 rings (SSSR count). The maximum atomic E-state index is 6.36. The molecule has 0 saturated carbocycles. The number of likely N-dealkylation sites (tertiary alicyclic amines) is 1. The number of alkyl halides is 1. The first-order valence-electron chi connectivity index (χ1n) is 6.21. The largest absolute Gasteiger partial charge is 0.300 e. The molecule has 0 bridgehead atoms. The number of rotatable bonds is 3. The third-order valence-electron chi connectivity index (χ3n) is 3.56. The van der Waals surface area contributed by atoms with Crippen molar-refractivity contribution >= 4 is 11.6 Å². The molecule has 2 atom stereocenters. The highest BCUT2D eigenvalue weighted by Crippen LogP contribution is 2.34. The van der Waals surface area contributed by atoms with Crippen molar-refractivity contribution in [2.45, 2.75) is 58.9 Å². The summed E-state index contributed by atoms with van der Waals surface area (Å²) in [6, 6.07) is 0.702. The zero-order valence-electron chi connectivity index (χ0n) is 10.9. The van der Waals surface area contributed by atoms with Crippen LogP contribution in [0.25, 0.3) is 0 Å². The molecular formula is C13H26ClN. The van der Waals surface area contributed by atoms with E-state index in [1.807, 2.05) is 0 Å². The summed E-state index contributed by atoms with van der Waals surface area (Å²) in [6.45, 7) is 13.9. The van der Waals surface area contributed by atoms with E-state index in [0.717, 1.165) is 18.9 Å². The van der Waals surface area contributed by atoms with E-state index in [1.54, 1.807) is 0 Å². The van der Waals surface area contributed by atoms with Crippen LogP contribution in [0, 0.1) is 11.3 Å². The van der Waals surface area contributed by atoms with Crippen molar-refractivity contribution in [3.63, 3.8) is 0 Å². The lowest BCUT2D eigenvalue weighted by Crippen LogP contribution is -2.50. The maximum absolute atomic E-state index is 6.36. The standard InChI is InChI=1S/C13H26ClN/c1-10(2)8-11(3)15-7-6-12(14)13(4,5)9-15/h10-12H,6-9H2,1-5H3. The summed E-state index contributed by atoms with van der Waals surface area (Å²) < 4.78 is 0. The lowest BCUT2D eigenvalue weighted by molar-refractivity contribution is 0.0796. The van der Waals surface area contributed by atoms with Gasteiger partial charge in [0, 0.05) is 18.0 Å². The van der Waals surface area contributed by atoms with Gasteiger partial charge in [-0.3, -0.25) is 0 Å². The molecule has 2 heteroatoms. The molecule has 1 fully saturated rings. The van der Waals surface area contributed by atoms with E-state index >= 15 is 0 Å². The summed E-state index contributed by atoms with van der Waals surface area (Å²) in [6.07, 6.45) is 2.43. The van der Waals surface area contributed by atoms with Crippen LogP contribution in [0.3, 0.4) is 0 Å². The molecule has 1 aliphatic rings. The van der Waals surface area contributed by atoms with Crippen LogP contribution < -0.4 is 0 Å². The molecule has 15 heavy (non-hydrogen) atoms. The van der Waals surface area contributed by atoms with E-state index in [2.05, 4.69) is 39.5 Å². The molecule has 0 amide bonds. The lowest BCUT2D eigenvalue weighted by Gasteiger charge is -2.44. The first-order valence-corrected chi connectivity index (χ1v) is 6.64. The van der Waals surface area contributed by atoms with Crippen LogP contribution in [-0.4, -0.2) is 29.4 Å². The Kier molecular flexibility index (Phi) is 4.49. The van der Waals surface area contributed by atoms with Crippen LogP contribution >= 0.6 is 11.6 Å². The van der Waals surface area contributed by atoms with Gasteiger partial charge in [0.25, 0.3) is 0 Å². The Morgan fingerprint density at radius 3 is 2.40 bits per heavy atom. The van der Waals surface area contributed by atoms with Crippen LogP contribution in [0.4, 0.5) is 0 Å². The van der Waals surface area contributed by atoms with Gasteiger partial charge in [-0.25, -0.2) is 0 Å². The molecule has 1 heterocycles. The number of hydrogen-bond acceptors (Lipinski definition) is 1. The van der Waals surface area contributed by atoms with Crippen molar-refractivity contribution in [2.75, 3.05) is 13.1 Å². The fourth-order valence-corrected chi connectivity index (χ4v) is 2.75. The van der Waals surface area contributed by atoms with Crippen molar-refractivity contribution in [1.29, 1.82) is 0 Å². The smallest absolute Gasteiger partial charge is 0.0411 e. The maximum Gasteiger partial charge on any atom is 0.0411 e. The van der Waals surface area contributed by atoms with Crippen LogP contribution in [0.5, 0.6) is 0 Å². The molecule has 0 N–H and O–H groups in total. The van der Waals surface area contributed by atoms with Crippen molar-refractivity contribution in [1.82, 2.24) is 4.90 Å². The Balaban J connectivity index is 2.51. The minimum absolute atomic E-state index is 0.269. The first-order chi connectivity index (χ1) is 6.83. The van der Waals surface area contributed by atoms with Crippen LogP contribution in [-0.2, 0) is 0 Å². The Hall–Kier alpha value is 0.250. The van der Waals surface area contributed by atoms with Gasteiger partial charge in [-0.1, -0.05) is 27.7 Å². The van der Waals surface area contributed by atoms with E-state index in [0.29, 0.717) is 11.4 Å². The molecule has 1 nitrogen and oxygen atoms in total. The molecule has 1 saturated heterocycles. The number of piperidine rings is 1. The molecule has 0 aromatic heterocycles. The van der Waals surface area contributed by atoms with Gasteiger partial charge in [-0.15, -0.1) is 11.6 Å². The van der Waals surface area contributed by atoms with E-state index < -0.39 is 0 Å². The monoisotopic (exact) mass is 231 g/mol. The Labute approximate surface area is 100 Å². The van der Waals surface area contributed by atoms with Gasteiger partial charge in [0.05, 0.1) is 0 Å². The normalized spacial score (nSPS) is 29.4. The van der Waals surface area contributed by atoms with Gasteiger partial charge in [0.15, 0.2) is 0 Å². The molecule has 1 aliphatic heterocycles. The van der Waals surface area contributed by atoms with Crippen LogP contribution in [0.2, 0.25) is 0 Å². The van der Waals surface area contributed by atoms with Crippen molar-refractivity contribution in [3.8, 4) is 0 Å². The summed E-state index contributed by atoms with van der Waals surface area (Å²) in [5.74, 6) is 0.789. The van der Waals surface area contributed by atoms with Gasteiger partial charge in [-0.2, -0.15) is 0 Å². The summed E-state index contributed by atoms with van der Waals surface area (Å²) >= 11 is 6.36. The predicted octanol–water partition coefficient (Wildman–Crippen LogP) is 3.76. The average molecular weight is 232 g/mol. The van der Waals surface area contributed by atoms with Gasteiger partial charge in [0.1, 0.15) is 0 Å². The zero-order valence-corrected chi connectivity index (χ0v) is 11.6. The van der Waals surface area contributed by atoms with Crippen molar-refractivity contribution < 1.29 is 0 Å². The molecule has 0 aromatic rings. The zero-order chi connectivity index (χ0) is 11.6. The van der Waals surface area contributed by atoms with Crippen molar-refractivity contribution in [3.05, 3.63) is 0 Å². The first kappa shape index (κ1) is 13.3. The van der Waals surface area contributed by atoms with Gasteiger partial charge < -0.3 is 4.90 Å². The second-order valence-corrected chi connectivity index (χ2v) is 6.72. The molecule has 0 aromatic carbocycles. The molecule has 0 aliphatic carbocycles. The van der Waals surface area contributed by atoms with Gasteiger partial charge in [-0.05, 0) is 37.6 Å². The van der Waals surface area contributed by atoms with E-state index in [9.17, 15) is 0 Å². The highest BCUT2D eigenvalue weighted by Gasteiger charge is 2.35. The van der Waals surface area contributed by atoms with Crippen LogP contribution in [0.15, 0.2) is 0 Å². The Morgan fingerprint density at radius 1 is 1.33 bits per heavy atom. The average Bonchev–Trinajstić information content (AvgIpc) is 2.08. The predicted molar refractivity (Wildman–Crippen MR) is 68.5 cm³/mol. The Morgan fingerprint density at radius 2 is 1.93 bits per heavy atom. The minimum atomic E-state index is 0.269. The lowest BCUT2D eigenvalue weighted by atomic mass is 9.82.